The van der Waals surface area contributed by atoms with Gasteiger partial charge in [0.05, 0.1) is 0 Å². The molecule has 2 rings (SSSR count). The van der Waals surface area contributed by atoms with Gasteiger partial charge in [0.15, 0.2) is 17.8 Å². The predicted octanol–water partition coefficient (Wildman–Crippen LogP) is 3.91. The minimum absolute atomic E-state index is 0.00536. The maximum absolute atomic E-state index is 13.1. The van der Waals surface area contributed by atoms with Crippen LogP contribution in [0, 0.1) is 10.8 Å². The van der Waals surface area contributed by atoms with Gasteiger partial charge in [-0.2, -0.15) is 0 Å². The molecule has 8 nitrogen and oxygen atoms in total. The number of carbonyl (C=O) groups excluding carboxylic acids is 4. The van der Waals surface area contributed by atoms with Gasteiger partial charge in [0.2, 0.25) is 0 Å². The number of amides is 1. The molecule has 1 fully saturated rings. The molecule has 0 radical (unpaired) electrons. The van der Waals surface area contributed by atoms with E-state index in [1.807, 2.05) is 30.3 Å². The van der Waals surface area contributed by atoms with Crippen LogP contribution in [-0.4, -0.2) is 54.0 Å². The summed E-state index contributed by atoms with van der Waals surface area (Å²) in [6.45, 7) is 10.3. The highest BCUT2D eigenvalue weighted by atomic mass is 16.6. The minimum atomic E-state index is -1.59. The molecular weight excluding hydrogens is 426 g/mol. The van der Waals surface area contributed by atoms with E-state index in [4.69, 9.17) is 14.2 Å². The lowest BCUT2D eigenvalue weighted by Gasteiger charge is -2.38. The number of nitrogens with zero attached hydrogens (tertiary/aromatic N) is 1. The summed E-state index contributed by atoms with van der Waals surface area (Å²) < 4.78 is 16.2. The van der Waals surface area contributed by atoms with Gasteiger partial charge < -0.3 is 19.1 Å². The molecule has 1 aromatic carbocycles. The van der Waals surface area contributed by atoms with Crippen LogP contribution in [0.5, 0.6) is 0 Å². The molecule has 0 atom stereocenters. The first kappa shape index (κ1) is 26.4. The lowest BCUT2D eigenvalue weighted by Crippen LogP contribution is -2.52. The van der Waals surface area contributed by atoms with Gasteiger partial charge in [0.25, 0.3) is 0 Å². The fourth-order valence-corrected chi connectivity index (χ4v) is 3.24. The standard InChI is InChI=1S/C25H35NO7/c1-23(2,3)19(27)17-32-21(29)25(20(28)31-16-18-10-8-7-9-11-18)12-14-26(15-13-25)22(30)33-24(4,5)6/h7-11H,12-17H2,1-6H3. The number of benzene rings is 1. The Kier molecular flexibility index (Phi) is 8.27. The molecule has 1 heterocycles. The summed E-state index contributed by atoms with van der Waals surface area (Å²) in [5.41, 5.74) is -2.15. The molecule has 1 aliphatic rings. The summed E-state index contributed by atoms with van der Waals surface area (Å²) in [6.07, 6.45) is -0.477. The number of ketones is 1. The number of ether oxygens (including phenoxy) is 3. The second-order valence-corrected chi connectivity index (χ2v) is 10.4. The van der Waals surface area contributed by atoms with Gasteiger partial charge in [-0.05, 0) is 39.2 Å². The fraction of sp³-hybridized carbons (Fsp3) is 0.600. The van der Waals surface area contributed by atoms with Crippen molar-refractivity contribution < 1.29 is 33.4 Å². The highest BCUT2D eigenvalue weighted by Crippen LogP contribution is 2.36. The Bertz CT molecular complexity index is 857. The van der Waals surface area contributed by atoms with Crippen molar-refractivity contribution >= 4 is 23.8 Å². The first-order valence-corrected chi connectivity index (χ1v) is 11.1. The maximum atomic E-state index is 13.1. The summed E-state index contributed by atoms with van der Waals surface area (Å²) in [4.78, 5) is 52.4. The van der Waals surface area contributed by atoms with Gasteiger partial charge in [0.1, 0.15) is 12.2 Å². The Hall–Kier alpha value is -2.90. The Balaban J connectivity index is 2.14. The van der Waals surface area contributed by atoms with Crippen LogP contribution in [0.25, 0.3) is 0 Å². The summed E-state index contributed by atoms with van der Waals surface area (Å²) >= 11 is 0. The average Bonchev–Trinajstić information content (AvgIpc) is 2.74. The Morgan fingerprint density at radius 3 is 1.94 bits per heavy atom. The minimum Gasteiger partial charge on any atom is -0.460 e. The molecule has 0 spiro atoms. The Morgan fingerprint density at radius 2 is 1.42 bits per heavy atom. The number of esters is 2. The first-order chi connectivity index (χ1) is 15.2. The van der Waals surface area contributed by atoms with Gasteiger partial charge >= 0.3 is 18.0 Å². The van der Waals surface area contributed by atoms with E-state index < -0.39 is 41.1 Å². The van der Waals surface area contributed by atoms with Gasteiger partial charge in [-0.1, -0.05) is 51.1 Å². The van der Waals surface area contributed by atoms with Crippen molar-refractivity contribution in [3.8, 4) is 0 Å². The number of piperidine rings is 1. The first-order valence-electron chi connectivity index (χ1n) is 11.1. The number of hydrogen-bond acceptors (Lipinski definition) is 7. The summed E-state index contributed by atoms with van der Waals surface area (Å²) in [5, 5.41) is 0. The summed E-state index contributed by atoms with van der Waals surface area (Å²) in [7, 11) is 0. The van der Waals surface area contributed by atoms with Crippen LogP contribution < -0.4 is 0 Å². The molecule has 1 amide bonds. The van der Waals surface area contributed by atoms with Crippen molar-refractivity contribution in [3.63, 3.8) is 0 Å². The second kappa shape index (κ2) is 10.4. The van der Waals surface area contributed by atoms with Gasteiger partial charge in [-0.25, -0.2) is 4.79 Å². The van der Waals surface area contributed by atoms with Crippen LogP contribution in [0.15, 0.2) is 30.3 Å². The molecule has 1 saturated heterocycles. The van der Waals surface area contributed by atoms with E-state index in [0.29, 0.717) is 0 Å². The molecule has 33 heavy (non-hydrogen) atoms. The van der Waals surface area contributed by atoms with Crippen LogP contribution >= 0.6 is 0 Å². The van der Waals surface area contributed by atoms with Crippen LogP contribution in [-0.2, 0) is 35.2 Å². The molecule has 0 bridgehead atoms. The van der Waals surface area contributed by atoms with Crippen molar-refractivity contribution in [1.82, 2.24) is 4.90 Å². The summed E-state index contributed by atoms with van der Waals surface area (Å²) in [5.74, 6) is -1.78. The molecular formula is C25H35NO7. The highest BCUT2D eigenvalue weighted by Gasteiger charge is 2.52. The zero-order chi connectivity index (χ0) is 24.9. The Morgan fingerprint density at radius 1 is 0.879 bits per heavy atom. The molecule has 1 aliphatic heterocycles. The lowest BCUT2D eigenvalue weighted by atomic mass is 9.78. The molecule has 182 valence electrons. The van der Waals surface area contributed by atoms with Gasteiger partial charge in [-0.3, -0.25) is 14.4 Å². The zero-order valence-corrected chi connectivity index (χ0v) is 20.4. The smallest absolute Gasteiger partial charge is 0.410 e. The van der Waals surface area contributed by atoms with E-state index >= 15 is 0 Å². The third-order valence-electron chi connectivity index (χ3n) is 5.43. The quantitative estimate of drug-likeness (QED) is 0.360. The third-order valence-corrected chi connectivity index (χ3v) is 5.43. The van der Waals surface area contributed by atoms with Crippen molar-refractivity contribution in [2.45, 2.75) is 66.6 Å². The van der Waals surface area contributed by atoms with Crippen molar-refractivity contribution in [1.29, 1.82) is 0 Å². The molecule has 0 aromatic heterocycles. The number of carbonyl (C=O) groups is 4. The number of hydrogen-bond donors (Lipinski definition) is 0. The molecule has 0 unspecified atom stereocenters. The molecule has 1 aromatic rings. The van der Waals surface area contributed by atoms with E-state index in [-0.39, 0.29) is 38.3 Å². The molecule has 8 heteroatoms. The second-order valence-electron chi connectivity index (χ2n) is 10.4. The molecule has 0 saturated carbocycles. The van der Waals surface area contributed by atoms with E-state index in [9.17, 15) is 19.2 Å². The lowest BCUT2D eigenvalue weighted by molar-refractivity contribution is -0.178. The largest absolute Gasteiger partial charge is 0.460 e. The third kappa shape index (κ3) is 7.30. The van der Waals surface area contributed by atoms with Gasteiger partial charge in [0, 0.05) is 18.5 Å². The number of rotatable bonds is 6. The molecule has 0 N–H and O–H groups in total. The van der Waals surface area contributed by atoms with Crippen molar-refractivity contribution in [2.75, 3.05) is 19.7 Å². The van der Waals surface area contributed by atoms with Crippen LogP contribution in [0.4, 0.5) is 4.79 Å². The van der Waals surface area contributed by atoms with Crippen LogP contribution in [0.3, 0.4) is 0 Å². The van der Waals surface area contributed by atoms with Gasteiger partial charge in [-0.15, -0.1) is 0 Å². The average molecular weight is 462 g/mol. The maximum Gasteiger partial charge on any atom is 0.410 e. The van der Waals surface area contributed by atoms with Crippen molar-refractivity contribution in [3.05, 3.63) is 35.9 Å². The number of likely N-dealkylation sites (tertiary alicyclic amines) is 1. The predicted molar refractivity (Wildman–Crippen MR) is 121 cm³/mol. The molecule has 0 aliphatic carbocycles. The summed E-state index contributed by atoms with van der Waals surface area (Å²) in [6, 6.07) is 9.12. The number of Topliss-reactive ketones (excluding diaryl/α,β-unsaturated/α-hetero) is 1. The van der Waals surface area contributed by atoms with Crippen LogP contribution in [0.2, 0.25) is 0 Å². The normalized spacial score (nSPS) is 16.0. The van der Waals surface area contributed by atoms with E-state index in [1.165, 1.54) is 4.90 Å². The fourth-order valence-electron chi connectivity index (χ4n) is 3.24. The van der Waals surface area contributed by atoms with E-state index in [1.54, 1.807) is 41.5 Å². The van der Waals surface area contributed by atoms with Crippen molar-refractivity contribution in [2.24, 2.45) is 10.8 Å². The van der Waals surface area contributed by atoms with Crippen LogP contribution in [0.1, 0.15) is 59.9 Å². The topological polar surface area (TPSA) is 99.2 Å². The SMILES string of the molecule is CC(C)(C)OC(=O)N1CCC(C(=O)OCC(=O)C(C)(C)C)(C(=O)OCc2ccccc2)CC1. The monoisotopic (exact) mass is 461 g/mol. The Labute approximate surface area is 195 Å². The highest BCUT2D eigenvalue weighted by molar-refractivity contribution is 6.01. The zero-order valence-electron chi connectivity index (χ0n) is 20.4. The van der Waals surface area contributed by atoms with E-state index in [0.717, 1.165) is 5.56 Å². The van der Waals surface area contributed by atoms with E-state index in [2.05, 4.69) is 0 Å².